The number of fused-ring (bicyclic) bond motifs is 2. The summed E-state index contributed by atoms with van der Waals surface area (Å²) in [6.07, 6.45) is 0.464. The number of carbonyl (C=O) groups excluding carboxylic acids is 2. The third kappa shape index (κ3) is 4.86. The van der Waals surface area contributed by atoms with Gasteiger partial charge in [0, 0.05) is 41.8 Å². The Morgan fingerprint density at radius 1 is 1.14 bits per heavy atom. The Kier molecular flexibility index (Phi) is 6.78. The number of thioether (sulfide) groups is 1. The molecule has 2 N–H and O–H groups in total. The van der Waals surface area contributed by atoms with E-state index in [0.717, 1.165) is 21.4 Å². The first-order valence-corrected chi connectivity index (χ1v) is 12.9. The quantitative estimate of drug-likeness (QED) is 0.472. The van der Waals surface area contributed by atoms with Crippen molar-refractivity contribution < 1.29 is 19.5 Å². The minimum Gasteiger partial charge on any atom is -0.465 e. The van der Waals surface area contributed by atoms with Crippen LogP contribution in [0.15, 0.2) is 47.5 Å². The summed E-state index contributed by atoms with van der Waals surface area (Å²) in [5.41, 5.74) is 0.843. The van der Waals surface area contributed by atoms with E-state index in [9.17, 15) is 19.5 Å². The summed E-state index contributed by atoms with van der Waals surface area (Å²) in [7, 11) is 0. The highest BCUT2D eigenvalue weighted by atomic mass is 35.5. The second-order valence-corrected chi connectivity index (χ2v) is 10.2. The van der Waals surface area contributed by atoms with E-state index < -0.39 is 12.1 Å². The Balaban J connectivity index is 1.20. The molecule has 12 heteroatoms. The molecule has 0 radical (unpaired) electrons. The third-order valence-electron chi connectivity index (χ3n) is 6.43. The second kappa shape index (κ2) is 10.00. The number of nitrogens with zero attached hydrogens (tertiary/aromatic N) is 5. The van der Waals surface area contributed by atoms with Gasteiger partial charge in [0.05, 0.1) is 18.4 Å². The van der Waals surface area contributed by atoms with Gasteiger partial charge in [-0.1, -0.05) is 23.7 Å². The molecule has 36 heavy (non-hydrogen) atoms. The molecule has 1 saturated heterocycles. The van der Waals surface area contributed by atoms with Gasteiger partial charge in [-0.05, 0) is 42.0 Å². The zero-order chi connectivity index (χ0) is 25.4. The summed E-state index contributed by atoms with van der Waals surface area (Å²) in [6.45, 7) is 4.00. The fourth-order valence-corrected chi connectivity index (χ4v) is 5.73. The van der Waals surface area contributed by atoms with Crippen LogP contribution in [0.2, 0.25) is 5.02 Å². The maximum Gasteiger partial charge on any atom is 0.405 e. The lowest BCUT2D eigenvalue weighted by molar-refractivity contribution is -0.136. The topological polar surface area (TPSA) is 111 Å². The number of aromatic nitrogens is 2. The van der Waals surface area contributed by atoms with Gasteiger partial charge in [-0.3, -0.25) is 9.80 Å². The molecule has 0 saturated carbocycles. The normalized spacial score (nSPS) is 16.9. The molecule has 1 atom stereocenters. The Bertz CT molecular complexity index is 1340. The molecule has 2 aromatic carbocycles. The number of hydrazine groups is 1. The first-order valence-electron chi connectivity index (χ1n) is 11.5. The van der Waals surface area contributed by atoms with E-state index in [1.54, 1.807) is 27.6 Å². The van der Waals surface area contributed by atoms with E-state index in [0.29, 0.717) is 43.6 Å². The van der Waals surface area contributed by atoms with Crippen LogP contribution in [0.1, 0.15) is 11.5 Å². The van der Waals surface area contributed by atoms with Crippen molar-refractivity contribution >= 4 is 52.2 Å². The maximum atomic E-state index is 13.2. The Morgan fingerprint density at radius 2 is 1.86 bits per heavy atom. The summed E-state index contributed by atoms with van der Waals surface area (Å²) in [5, 5.41) is 18.0. The number of rotatable bonds is 6. The van der Waals surface area contributed by atoms with Gasteiger partial charge < -0.3 is 15.3 Å². The molecular formula is C24H25ClN6O4S. The fraction of sp³-hybridized carbons (Fsp3) is 0.333. The van der Waals surface area contributed by atoms with Crippen molar-refractivity contribution in [3.05, 3.63) is 59.1 Å². The summed E-state index contributed by atoms with van der Waals surface area (Å²) >= 11 is 7.48. The van der Waals surface area contributed by atoms with Crippen LogP contribution in [0.5, 0.6) is 0 Å². The van der Waals surface area contributed by atoms with Gasteiger partial charge in [0.1, 0.15) is 11.9 Å². The number of halogens is 1. The van der Waals surface area contributed by atoms with Crippen molar-refractivity contribution in [1.29, 1.82) is 0 Å². The lowest BCUT2D eigenvalue weighted by Crippen LogP contribution is -2.58. The molecule has 0 unspecified atom stereocenters. The molecule has 188 valence electrons. The molecule has 2 aliphatic rings. The van der Waals surface area contributed by atoms with Gasteiger partial charge in [-0.25, -0.2) is 24.1 Å². The molecule has 1 aromatic heterocycles. The largest absolute Gasteiger partial charge is 0.465 e. The third-order valence-corrected chi connectivity index (χ3v) is 7.75. The van der Waals surface area contributed by atoms with Crippen LogP contribution in [0.25, 0.3) is 10.8 Å². The number of aryl methyl sites for hydroxylation is 1. The summed E-state index contributed by atoms with van der Waals surface area (Å²) in [4.78, 5) is 44.2. The number of hydrogen-bond donors (Lipinski definition) is 2. The molecule has 0 bridgehead atoms. The van der Waals surface area contributed by atoms with E-state index in [2.05, 4.69) is 10.3 Å². The fourth-order valence-electron chi connectivity index (χ4n) is 4.59. The summed E-state index contributed by atoms with van der Waals surface area (Å²) in [6, 6.07) is 10.5. The van der Waals surface area contributed by atoms with Crippen molar-refractivity contribution in [2.45, 2.75) is 24.4 Å². The average molecular weight is 529 g/mol. The molecule has 5 rings (SSSR count). The van der Waals surface area contributed by atoms with Gasteiger partial charge >= 0.3 is 12.1 Å². The van der Waals surface area contributed by atoms with Crippen LogP contribution in [-0.4, -0.2) is 85.6 Å². The SMILES string of the molecule is Cc1ncc2n1C(=O)N(N1CCN(C(=O)[C@@H](CSc3ccc4cc(Cl)ccc4c3)NC(=O)O)CC1)C2. The first-order chi connectivity index (χ1) is 17.3. The number of hydrogen-bond acceptors (Lipinski definition) is 6. The average Bonchev–Trinajstić information content (AvgIpc) is 3.40. The highest BCUT2D eigenvalue weighted by Gasteiger charge is 2.36. The molecule has 0 spiro atoms. The van der Waals surface area contributed by atoms with Crippen molar-refractivity contribution in [3.63, 3.8) is 0 Å². The lowest BCUT2D eigenvalue weighted by Gasteiger charge is -2.39. The Morgan fingerprint density at radius 3 is 2.58 bits per heavy atom. The number of carbonyl (C=O) groups is 3. The maximum absolute atomic E-state index is 13.2. The molecule has 0 aliphatic carbocycles. The van der Waals surface area contributed by atoms with Crippen LogP contribution < -0.4 is 5.32 Å². The van der Waals surface area contributed by atoms with E-state index in [4.69, 9.17) is 11.6 Å². The van der Waals surface area contributed by atoms with Crippen molar-refractivity contribution in [2.24, 2.45) is 0 Å². The predicted octanol–water partition coefficient (Wildman–Crippen LogP) is 3.27. The van der Waals surface area contributed by atoms with Crippen LogP contribution in [0.3, 0.4) is 0 Å². The van der Waals surface area contributed by atoms with E-state index >= 15 is 0 Å². The summed E-state index contributed by atoms with van der Waals surface area (Å²) in [5.74, 6) is 0.648. The molecule has 3 aromatic rings. The van der Waals surface area contributed by atoms with Crippen LogP contribution in [0, 0.1) is 6.92 Å². The molecule has 3 heterocycles. The molecular weight excluding hydrogens is 504 g/mol. The van der Waals surface area contributed by atoms with Crippen LogP contribution >= 0.6 is 23.4 Å². The molecule has 3 amide bonds. The van der Waals surface area contributed by atoms with Crippen molar-refractivity contribution in [3.8, 4) is 0 Å². The highest BCUT2D eigenvalue weighted by molar-refractivity contribution is 7.99. The van der Waals surface area contributed by atoms with Crippen LogP contribution in [-0.2, 0) is 11.3 Å². The number of imidazole rings is 1. The number of piperazine rings is 1. The number of nitrogens with one attached hydrogen (secondary N) is 1. The second-order valence-electron chi connectivity index (χ2n) is 8.72. The smallest absolute Gasteiger partial charge is 0.405 e. The van der Waals surface area contributed by atoms with Crippen molar-refractivity contribution in [1.82, 2.24) is 29.8 Å². The number of carboxylic acid groups (broad SMARTS) is 1. The monoisotopic (exact) mass is 528 g/mol. The van der Waals surface area contributed by atoms with Gasteiger partial charge in [0.15, 0.2) is 0 Å². The lowest BCUT2D eigenvalue weighted by atomic mass is 10.1. The molecule has 10 nitrogen and oxygen atoms in total. The standard InChI is InChI=1S/C24H25ClN6O4S/c1-15-26-12-19-13-30(24(35)31(15)19)29-8-6-28(7-9-29)22(32)21(27-23(33)34)14-36-20-5-3-16-10-18(25)4-2-17(16)11-20/h2-5,10-12,21,27H,6-9,13-14H2,1H3,(H,33,34)/t21-/m1/s1. The zero-order valence-corrected chi connectivity index (χ0v) is 21.1. The number of amides is 3. The minimum atomic E-state index is -1.24. The minimum absolute atomic E-state index is 0.140. The number of benzene rings is 2. The highest BCUT2D eigenvalue weighted by Crippen LogP contribution is 2.27. The molecule has 1 fully saturated rings. The van der Waals surface area contributed by atoms with Gasteiger partial charge in [0.25, 0.3) is 0 Å². The van der Waals surface area contributed by atoms with E-state index in [1.807, 2.05) is 41.4 Å². The summed E-state index contributed by atoms with van der Waals surface area (Å²) < 4.78 is 1.60. The zero-order valence-electron chi connectivity index (χ0n) is 19.6. The molecule has 2 aliphatic heterocycles. The van der Waals surface area contributed by atoms with Gasteiger partial charge in [-0.2, -0.15) is 0 Å². The van der Waals surface area contributed by atoms with Gasteiger partial charge in [0.2, 0.25) is 5.91 Å². The van der Waals surface area contributed by atoms with Crippen molar-refractivity contribution in [2.75, 3.05) is 31.9 Å². The predicted molar refractivity (Wildman–Crippen MR) is 136 cm³/mol. The Hall–Kier alpha value is -3.28. The van der Waals surface area contributed by atoms with E-state index in [-0.39, 0.29) is 17.7 Å². The Labute approximate surface area is 216 Å². The van der Waals surface area contributed by atoms with Gasteiger partial charge in [-0.15, -0.1) is 11.8 Å². The van der Waals surface area contributed by atoms with Crippen LogP contribution in [0.4, 0.5) is 9.59 Å². The van der Waals surface area contributed by atoms with E-state index in [1.165, 1.54) is 11.8 Å². The first kappa shape index (κ1) is 24.4.